The van der Waals surface area contributed by atoms with Crippen molar-refractivity contribution in [2.24, 2.45) is 0 Å². The van der Waals surface area contributed by atoms with Gasteiger partial charge in [-0.2, -0.15) is 10.2 Å². The van der Waals surface area contributed by atoms with E-state index in [1.807, 2.05) is 35.2 Å². The Morgan fingerprint density at radius 1 is 1.15 bits per heavy atom. The number of benzene rings is 2. The topological polar surface area (TPSA) is 83.0 Å². The molecule has 6 nitrogen and oxygen atoms in total. The third kappa shape index (κ3) is 3.20. The Hall–Kier alpha value is -3.46. The first-order valence-electron chi connectivity index (χ1n) is 8.39. The molecule has 0 spiro atoms. The molecule has 1 atom stereocenters. The summed E-state index contributed by atoms with van der Waals surface area (Å²) in [7, 11) is 0. The van der Waals surface area contributed by atoms with Crippen LogP contribution in [0.15, 0.2) is 59.1 Å². The molecule has 6 heteroatoms. The lowest BCUT2D eigenvalue weighted by Crippen LogP contribution is -2.24. The maximum absolute atomic E-state index is 12.3. The number of rotatable bonds is 4. The summed E-state index contributed by atoms with van der Waals surface area (Å²) in [4.78, 5) is 18.6. The number of carbonyl (C=O) groups is 1. The van der Waals surface area contributed by atoms with Crippen LogP contribution in [-0.4, -0.2) is 27.5 Å². The molecular weight excluding hydrogens is 328 g/mol. The summed E-state index contributed by atoms with van der Waals surface area (Å²) in [6.45, 7) is 1.18. The van der Waals surface area contributed by atoms with Crippen molar-refractivity contribution in [2.45, 2.75) is 18.9 Å². The van der Waals surface area contributed by atoms with Crippen molar-refractivity contribution < 1.29 is 9.32 Å². The maximum atomic E-state index is 12.3. The minimum atomic E-state index is -0.0675. The van der Waals surface area contributed by atoms with Gasteiger partial charge in [-0.25, -0.2) is 0 Å². The van der Waals surface area contributed by atoms with Gasteiger partial charge in [0.05, 0.1) is 11.6 Å². The Morgan fingerprint density at radius 2 is 1.92 bits per heavy atom. The van der Waals surface area contributed by atoms with Gasteiger partial charge in [0.25, 0.3) is 5.89 Å². The van der Waals surface area contributed by atoms with Gasteiger partial charge in [0.1, 0.15) is 0 Å². The zero-order valence-corrected chi connectivity index (χ0v) is 14.0. The molecule has 0 saturated carbocycles. The molecule has 4 rings (SSSR count). The number of hydrogen-bond acceptors (Lipinski definition) is 5. The van der Waals surface area contributed by atoms with Gasteiger partial charge in [0, 0.05) is 31.0 Å². The van der Waals surface area contributed by atoms with E-state index in [1.165, 1.54) is 0 Å². The van der Waals surface area contributed by atoms with Gasteiger partial charge in [-0.05, 0) is 29.8 Å². The van der Waals surface area contributed by atoms with Gasteiger partial charge in [-0.3, -0.25) is 4.79 Å². The number of nitrogens with zero attached hydrogens (tertiary/aromatic N) is 4. The van der Waals surface area contributed by atoms with E-state index in [9.17, 15) is 4.79 Å². The fraction of sp³-hybridized carbons (Fsp3) is 0.200. The van der Waals surface area contributed by atoms with Gasteiger partial charge in [-0.15, -0.1) is 0 Å². The van der Waals surface area contributed by atoms with Crippen molar-refractivity contribution in [3.8, 4) is 17.5 Å². The Balaban J connectivity index is 1.48. The first kappa shape index (κ1) is 16.0. The number of amides is 1. The van der Waals surface area contributed by atoms with Crippen molar-refractivity contribution >= 4 is 5.91 Å². The lowest BCUT2D eigenvalue weighted by molar-refractivity contribution is -0.128. The number of nitriles is 1. The lowest BCUT2D eigenvalue weighted by atomic mass is 10.1. The summed E-state index contributed by atoms with van der Waals surface area (Å²) >= 11 is 0. The van der Waals surface area contributed by atoms with Gasteiger partial charge >= 0.3 is 0 Å². The zero-order chi connectivity index (χ0) is 17.9. The van der Waals surface area contributed by atoms with Crippen LogP contribution in [0.4, 0.5) is 0 Å². The SMILES string of the molecule is N#Cc1ccc(-c2nc(C3CC(=O)N(Cc4ccccc4)C3)no2)cc1. The second-order valence-corrected chi connectivity index (χ2v) is 6.31. The molecule has 1 aliphatic rings. The molecule has 1 saturated heterocycles. The summed E-state index contributed by atoms with van der Waals surface area (Å²) in [5, 5.41) is 12.9. The molecular formula is C20H16N4O2. The van der Waals surface area contributed by atoms with E-state index in [0.29, 0.717) is 36.8 Å². The van der Waals surface area contributed by atoms with Crippen LogP contribution in [0.25, 0.3) is 11.5 Å². The van der Waals surface area contributed by atoms with E-state index in [-0.39, 0.29) is 11.8 Å². The molecule has 128 valence electrons. The van der Waals surface area contributed by atoms with E-state index in [1.54, 1.807) is 24.3 Å². The normalized spacial score (nSPS) is 16.7. The summed E-state index contributed by atoms with van der Waals surface area (Å²) in [6.07, 6.45) is 0.388. The van der Waals surface area contributed by atoms with Crippen LogP contribution in [0.3, 0.4) is 0 Å². The Morgan fingerprint density at radius 3 is 2.65 bits per heavy atom. The van der Waals surface area contributed by atoms with Crippen molar-refractivity contribution in [2.75, 3.05) is 6.54 Å². The largest absolute Gasteiger partial charge is 0.338 e. The van der Waals surface area contributed by atoms with E-state index in [2.05, 4.69) is 16.2 Å². The number of hydrogen-bond donors (Lipinski definition) is 0. The predicted molar refractivity (Wildman–Crippen MR) is 93.7 cm³/mol. The van der Waals surface area contributed by atoms with Crippen LogP contribution in [0.5, 0.6) is 0 Å². The first-order valence-corrected chi connectivity index (χ1v) is 8.39. The Labute approximate surface area is 150 Å². The summed E-state index contributed by atoms with van der Waals surface area (Å²) in [6, 6.07) is 19.0. The summed E-state index contributed by atoms with van der Waals surface area (Å²) in [5.41, 5.74) is 2.44. The molecule has 1 aromatic heterocycles. The first-order chi connectivity index (χ1) is 12.7. The highest BCUT2D eigenvalue weighted by atomic mass is 16.5. The van der Waals surface area contributed by atoms with Crippen LogP contribution in [-0.2, 0) is 11.3 Å². The lowest BCUT2D eigenvalue weighted by Gasteiger charge is -2.15. The molecule has 1 aliphatic heterocycles. The molecule has 1 fully saturated rings. The van der Waals surface area contributed by atoms with Gasteiger partial charge in [0.2, 0.25) is 5.91 Å². The third-order valence-corrected chi connectivity index (χ3v) is 4.50. The van der Waals surface area contributed by atoms with E-state index in [0.717, 1.165) is 11.1 Å². The second-order valence-electron chi connectivity index (χ2n) is 6.31. The summed E-state index contributed by atoms with van der Waals surface area (Å²) in [5.74, 6) is 0.984. The molecule has 1 amide bonds. The molecule has 2 heterocycles. The van der Waals surface area contributed by atoms with E-state index < -0.39 is 0 Å². The molecule has 0 N–H and O–H groups in total. The molecule has 1 unspecified atom stereocenters. The predicted octanol–water partition coefficient (Wildman–Crippen LogP) is 3.12. The molecule has 0 radical (unpaired) electrons. The highest BCUT2D eigenvalue weighted by Crippen LogP contribution is 2.29. The molecule has 0 aliphatic carbocycles. The van der Waals surface area contributed by atoms with Crippen molar-refractivity contribution in [1.82, 2.24) is 15.0 Å². The highest BCUT2D eigenvalue weighted by molar-refractivity contribution is 5.79. The van der Waals surface area contributed by atoms with Crippen LogP contribution < -0.4 is 0 Å². The van der Waals surface area contributed by atoms with Crippen molar-refractivity contribution in [3.63, 3.8) is 0 Å². The maximum Gasteiger partial charge on any atom is 0.257 e. The van der Waals surface area contributed by atoms with Gasteiger partial charge in [0.15, 0.2) is 5.82 Å². The van der Waals surface area contributed by atoms with E-state index in [4.69, 9.17) is 9.78 Å². The Bertz CT molecular complexity index is 957. The Kier molecular flexibility index (Phi) is 4.20. The number of aromatic nitrogens is 2. The minimum Gasteiger partial charge on any atom is -0.338 e. The monoisotopic (exact) mass is 344 g/mol. The fourth-order valence-electron chi connectivity index (χ4n) is 3.11. The minimum absolute atomic E-state index is 0.0675. The average molecular weight is 344 g/mol. The van der Waals surface area contributed by atoms with Crippen molar-refractivity contribution in [1.29, 1.82) is 5.26 Å². The quantitative estimate of drug-likeness (QED) is 0.726. The van der Waals surface area contributed by atoms with Crippen LogP contribution in [0, 0.1) is 11.3 Å². The van der Waals surface area contributed by atoms with Crippen LogP contribution in [0.1, 0.15) is 29.3 Å². The molecule has 2 aromatic carbocycles. The third-order valence-electron chi connectivity index (χ3n) is 4.50. The van der Waals surface area contributed by atoms with Crippen molar-refractivity contribution in [3.05, 3.63) is 71.5 Å². The van der Waals surface area contributed by atoms with Crippen LogP contribution >= 0.6 is 0 Å². The number of carbonyl (C=O) groups excluding carboxylic acids is 1. The van der Waals surface area contributed by atoms with E-state index >= 15 is 0 Å². The zero-order valence-electron chi connectivity index (χ0n) is 14.0. The highest BCUT2D eigenvalue weighted by Gasteiger charge is 2.33. The number of likely N-dealkylation sites (tertiary alicyclic amines) is 1. The van der Waals surface area contributed by atoms with Gasteiger partial charge in [-0.1, -0.05) is 35.5 Å². The second kappa shape index (κ2) is 6.81. The molecule has 3 aromatic rings. The molecule has 0 bridgehead atoms. The fourth-order valence-corrected chi connectivity index (χ4v) is 3.11. The summed E-state index contributed by atoms with van der Waals surface area (Å²) < 4.78 is 5.35. The smallest absolute Gasteiger partial charge is 0.257 e. The average Bonchev–Trinajstić information content (AvgIpc) is 3.30. The van der Waals surface area contributed by atoms with Crippen LogP contribution in [0.2, 0.25) is 0 Å². The van der Waals surface area contributed by atoms with Gasteiger partial charge < -0.3 is 9.42 Å². The molecule has 26 heavy (non-hydrogen) atoms. The standard InChI is InChI=1S/C20H16N4O2/c21-11-14-6-8-16(9-7-14)20-22-19(23-26-20)17-10-18(25)24(13-17)12-15-4-2-1-3-5-15/h1-9,17H,10,12-13H2.